The predicted octanol–water partition coefficient (Wildman–Crippen LogP) is 5.64. The molecule has 0 aromatic heterocycles. The van der Waals surface area contributed by atoms with Crippen molar-refractivity contribution in [2.45, 2.75) is 38.4 Å². The minimum atomic E-state index is -0.664. The zero-order valence-corrected chi connectivity index (χ0v) is 22.1. The number of ketones is 2. The molecule has 0 amide bonds. The first kappa shape index (κ1) is 26.9. The van der Waals surface area contributed by atoms with E-state index in [-0.39, 0.29) is 22.3 Å². The number of piperazine rings is 1. The van der Waals surface area contributed by atoms with E-state index in [2.05, 4.69) is 9.80 Å². The highest BCUT2D eigenvalue weighted by molar-refractivity contribution is 6.24. The van der Waals surface area contributed by atoms with Gasteiger partial charge in [-0.2, -0.15) is 0 Å². The van der Waals surface area contributed by atoms with Crippen LogP contribution in [0.15, 0.2) is 60.7 Å². The third-order valence-electron chi connectivity index (χ3n) is 7.11. The van der Waals surface area contributed by atoms with Crippen molar-refractivity contribution in [3.05, 3.63) is 71.8 Å². The van der Waals surface area contributed by atoms with Gasteiger partial charge in [-0.25, -0.2) is 0 Å². The maximum atomic E-state index is 13.0. The molecule has 2 aromatic carbocycles. The summed E-state index contributed by atoms with van der Waals surface area (Å²) in [6, 6.07) is 18.7. The Balaban J connectivity index is 1.51. The summed E-state index contributed by atoms with van der Waals surface area (Å²) in [5.41, 5.74) is 0.0687. The molecule has 0 aliphatic carbocycles. The molecule has 34 heavy (non-hydrogen) atoms. The number of benzene rings is 2. The molecule has 1 aliphatic rings. The van der Waals surface area contributed by atoms with Gasteiger partial charge in [0.1, 0.15) is 0 Å². The zero-order valence-electron chi connectivity index (χ0n) is 20.6. The SMILES string of the molecule is CC(C)(C(=O)c1ccccc1)C(Cl)CN1CCN(CC(Cl)C(C)(C)C(=O)c2ccccc2)CC1. The Morgan fingerprint density at radius 3 is 1.26 bits per heavy atom. The number of carbonyl (C=O) groups is 2. The van der Waals surface area contributed by atoms with E-state index in [1.165, 1.54) is 0 Å². The lowest BCUT2D eigenvalue weighted by molar-refractivity contribution is 0.0740. The van der Waals surface area contributed by atoms with Crippen LogP contribution in [0.3, 0.4) is 0 Å². The third-order valence-corrected chi connectivity index (χ3v) is 8.48. The highest BCUT2D eigenvalue weighted by Crippen LogP contribution is 2.32. The molecule has 1 aliphatic heterocycles. The topological polar surface area (TPSA) is 40.6 Å². The second-order valence-electron chi connectivity index (χ2n) is 10.4. The monoisotopic (exact) mass is 502 g/mol. The molecule has 6 heteroatoms. The fourth-order valence-corrected chi connectivity index (χ4v) is 4.86. The molecule has 1 saturated heterocycles. The molecule has 3 rings (SSSR count). The second kappa shape index (κ2) is 11.3. The molecule has 2 unspecified atom stereocenters. The summed E-state index contributed by atoms with van der Waals surface area (Å²) in [6.45, 7) is 12.5. The quantitative estimate of drug-likeness (QED) is 0.311. The molecule has 2 aromatic rings. The molecule has 2 atom stereocenters. The van der Waals surface area contributed by atoms with Gasteiger partial charge < -0.3 is 0 Å². The van der Waals surface area contributed by atoms with Crippen LogP contribution >= 0.6 is 23.2 Å². The van der Waals surface area contributed by atoms with Gasteiger partial charge in [0.2, 0.25) is 0 Å². The summed E-state index contributed by atoms with van der Waals surface area (Å²) in [7, 11) is 0. The lowest BCUT2D eigenvalue weighted by Crippen LogP contribution is -2.52. The van der Waals surface area contributed by atoms with Gasteiger partial charge in [-0.1, -0.05) is 88.4 Å². The summed E-state index contributed by atoms with van der Waals surface area (Å²) in [6.07, 6.45) is 0. The van der Waals surface area contributed by atoms with Crippen LogP contribution in [-0.4, -0.2) is 71.4 Å². The minimum Gasteiger partial charge on any atom is -0.299 e. The van der Waals surface area contributed by atoms with Crippen molar-refractivity contribution in [2.75, 3.05) is 39.3 Å². The van der Waals surface area contributed by atoms with Crippen molar-refractivity contribution in [1.29, 1.82) is 0 Å². The number of hydrogen-bond acceptors (Lipinski definition) is 4. The maximum absolute atomic E-state index is 13.0. The number of Topliss-reactive ketones (excluding diaryl/α,β-unsaturated/α-hetero) is 2. The van der Waals surface area contributed by atoms with E-state index in [1.807, 2.05) is 88.4 Å². The van der Waals surface area contributed by atoms with Crippen molar-refractivity contribution in [1.82, 2.24) is 9.80 Å². The first-order chi connectivity index (χ1) is 16.0. The molecule has 0 N–H and O–H groups in total. The normalized spacial score (nSPS) is 17.8. The van der Waals surface area contributed by atoms with Crippen molar-refractivity contribution in [2.24, 2.45) is 10.8 Å². The summed E-state index contributed by atoms with van der Waals surface area (Å²) in [5, 5.41) is -0.593. The molecule has 0 bridgehead atoms. The molecule has 0 saturated carbocycles. The second-order valence-corrected chi connectivity index (χ2v) is 11.4. The average Bonchev–Trinajstić information content (AvgIpc) is 2.85. The standard InChI is InChI=1S/C28H36Cl2N2O2/c1-27(2,25(33)21-11-7-5-8-12-21)23(29)19-31-15-17-32(18-16-31)20-24(30)28(3,4)26(34)22-13-9-6-10-14-22/h5-14,23-24H,15-20H2,1-4H3. The Hall–Kier alpha value is -1.72. The van der Waals surface area contributed by atoms with Gasteiger partial charge in [-0.3, -0.25) is 19.4 Å². The Bertz CT molecular complexity index is 875. The van der Waals surface area contributed by atoms with E-state index in [0.29, 0.717) is 24.2 Å². The van der Waals surface area contributed by atoms with Crippen molar-refractivity contribution >= 4 is 34.8 Å². The summed E-state index contributed by atoms with van der Waals surface area (Å²) < 4.78 is 0. The van der Waals surface area contributed by atoms with E-state index < -0.39 is 10.8 Å². The maximum Gasteiger partial charge on any atom is 0.169 e. The predicted molar refractivity (Wildman–Crippen MR) is 141 cm³/mol. The number of halogens is 2. The van der Waals surface area contributed by atoms with Gasteiger partial charge in [-0.05, 0) is 0 Å². The van der Waals surface area contributed by atoms with E-state index in [4.69, 9.17) is 23.2 Å². The summed E-state index contributed by atoms with van der Waals surface area (Å²) in [4.78, 5) is 30.7. The fraction of sp³-hybridized carbons (Fsp3) is 0.500. The van der Waals surface area contributed by atoms with Gasteiger partial charge in [0.25, 0.3) is 0 Å². The van der Waals surface area contributed by atoms with Crippen molar-refractivity contribution in [3.63, 3.8) is 0 Å². The molecule has 1 fully saturated rings. The Morgan fingerprint density at radius 1 is 0.676 bits per heavy atom. The fourth-order valence-electron chi connectivity index (χ4n) is 4.27. The van der Waals surface area contributed by atoms with Crippen LogP contribution in [0.25, 0.3) is 0 Å². The van der Waals surface area contributed by atoms with Crippen LogP contribution in [-0.2, 0) is 0 Å². The number of hydrogen-bond donors (Lipinski definition) is 0. The number of nitrogens with zero attached hydrogens (tertiary/aromatic N) is 2. The Kier molecular flexibility index (Phi) is 8.97. The molecule has 0 spiro atoms. The van der Waals surface area contributed by atoms with Gasteiger partial charge in [0.05, 0.1) is 10.8 Å². The van der Waals surface area contributed by atoms with Crippen LogP contribution in [0.4, 0.5) is 0 Å². The van der Waals surface area contributed by atoms with Crippen molar-refractivity contribution in [3.8, 4) is 0 Å². The smallest absolute Gasteiger partial charge is 0.169 e. The molecule has 0 radical (unpaired) electrons. The van der Waals surface area contributed by atoms with E-state index in [0.717, 1.165) is 26.2 Å². The van der Waals surface area contributed by atoms with Crippen LogP contribution in [0.2, 0.25) is 0 Å². The van der Waals surface area contributed by atoms with E-state index in [9.17, 15) is 9.59 Å². The molecular weight excluding hydrogens is 467 g/mol. The largest absolute Gasteiger partial charge is 0.299 e. The van der Waals surface area contributed by atoms with Crippen LogP contribution in [0.5, 0.6) is 0 Å². The first-order valence-corrected chi connectivity index (χ1v) is 12.8. The van der Waals surface area contributed by atoms with Gasteiger partial charge in [0.15, 0.2) is 11.6 Å². The lowest BCUT2D eigenvalue weighted by Gasteiger charge is -2.40. The summed E-state index contributed by atoms with van der Waals surface area (Å²) in [5.74, 6) is 0.143. The third kappa shape index (κ3) is 6.28. The Labute approximate surface area is 214 Å². The average molecular weight is 504 g/mol. The number of carbonyl (C=O) groups excluding carboxylic acids is 2. The Morgan fingerprint density at radius 2 is 0.971 bits per heavy atom. The zero-order chi connectivity index (χ0) is 24.9. The van der Waals surface area contributed by atoms with Crippen molar-refractivity contribution < 1.29 is 9.59 Å². The van der Waals surface area contributed by atoms with Crippen LogP contribution in [0.1, 0.15) is 48.4 Å². The van der Waals surface area contributed by atoms with E-state index >= 15 is 0 Å². The molecular formula is C28H36Cl2N2O2. The van der Waals surface area contributed by atoms with Gasteiger partial charge >= 0.3 is 0 Å². The molecule has 4 nitrogen and oxygen atoms in total. The molecule has 1 heterocycles. The first-order valence-electron chi connectivity index (χ1n) is 12.0. The number of rotatable bonds is 10. The highest BCUT2D eigenvalue weighted by Gasteiger charge is 2.39. The molecule has 184 valence electrons. The number of alkyl halides is 2. The van der Waals surface area contributed by atoms with Gasteiger partial charge in [-0.15, -0.1) is 23.2 Å². The van der Waals surface area contributed by atoms with Gasteiger partial charge in [0, 0.05) is 61.2 Å². The summed E-state index contributed by atoms with van der Waals surface area (Å²) >= 11 is 13.6. The highest BCUT2D eigenvalue weighted by atomic mass is 35.5. The van der Waals surface area contributed by atoms with Crippen LogP contribution < -0.4 is 0 Å². The van der Waals surface area contributed by atoms with Crippen LogP contribution in [0, 0.1) is 10.8 Å². The van der Waals surface area contributed by atoms with E-state index in [1.54, 1.807) is 0 Å². The minimum absolute atomic E-state index is 0.0713. The lowest BCUT2D eigenvalue weighted by atomic mass is 9.80.